The summed E-state index contributed by atoms with van der Waals surface area (Å²) in [6.45, 7) is -0.544. The van der Waals surface area contributed by atoms with Gasteiger partial charge in [-0.3, -0.25) is 14.1 Å². The summed E-state index contributed by atoms with van der Waals surface area (Å²) in [6.07, 6.45) is -2.26. The van der Waals surface area contributed by atoms with Crippen LogP contribution in [0.1, 0.15) is 12.1 Å². The summed E-state index contributed by atoms with van der Waals surface area (Å²) in [6, 6.07) is 1.27. The molecule has 0 bridgehead atoms. The highest BCUT2D eigenvalue weighted by atomic mass is 32.1. The Kier molecular flexibility index (Phi) is 4.96. The summed E-state index contributed by atoms with van der Waals surface area (Å²) < 4.78 is 39.0. The van der Waals surface area contributed by atoms with Gasteiger partial charge in [-0.25, -0.2) is 4.98 Å². The molecular weight excluding hydrogens is 305 g/mol. The van der Waals surface area contributed by atoms with E-state index < -0.39 is 12.7 Å². The predicted molar refractivity (Wildman–Crippen MR) is 74.3 cm³/mol. The van der Waals surface area contributed by atoms with Crippen molar-refractivity contribution in [1.29, 1.82) is 0 Å². The Bertz CT molecular complexity index is 652. The number of rotatable bonds is 6. The molecule has 21 heavy (non-hydrogen) atoms. The fourth-order valence-electron chi connectivity index (χ4n) is 1.98. The molecule has 2 N–H and O–H groups in total. The van der Waals surface area contributed by atoms with Gasteiger partial charge >= 0.3 is 6.18 Å². The van der Waals surface area contributed by atoms with Crippen LogP contribution in [0.5, 0.6) is 0 Å². The maximum Gasteiger partial charge on any atom is 0.401 e. The Labute approximate surface area is 122 Å². The third-order valence-corrected chi connectivity index (χ3v) is 3.58. The highest BCUT2D eigenvalue weighted by molar-refractivity contribution is 7.15. The van der Waals surface area contributed by atoms with Crippen LogP contribution in [0, 0.1) is 0 Å². The number of nitrogens with zero attached hydrogens (tertiary/aromatic N) is 3. The van der Waals surface area contributed by atoms with Crippen molar-refractivity contribution in [2.24, 2.45) is 5.73 Å². The molecule has 0 amide bonds. The van der Waals surface area contributed by atoms with Gasteiger partial charge in [0.25, 0.3) is 5.56 Å². The van der Waals surface area contributed by atoms with Crippen LogP contribution in [0.4, 0.5) is 13.2 Å². The Morgan fingerprint density at radius 1 is 1.43 bits per heavy atom. The minimum Gasteiger partial charge on any atom is -0.330 e. The lowest BCUT2D eigenvalue weighted by molar-refractivity contribution is -0.147. The lowest BCUT2D eigenvalue weighted by atomic mass is 10.3. The normalized spacial score (nSPS) is 12.4. The number of fused-ring (bicyclic) bond motifs is 1. The highest BCUT2D eigenvalue weighted by Gasteiger charge is 2.30. The summed E-state index contributed by atoms with van der Waals surface area (Å²) in [7, 11) is 0. The molecule has 2 heterocycles. The van der Waals surface area contributed by atoms with Gasteiger partial charge in [0.15, 0.2) is 4.96 Å². The molecule has 0 unspecified atom stereocenters. The number of halogens is 3. The second-order valence-corrected chi connectivity index (χ2v) is 5.48. The van der Waals surface area contributed by atoms with Crippen molar-refractivity contribution in [2.45, 2.75) is 19.1 Å². The van der Waals surface area contributed by atoms with Crippen molar-refractivity contribution >= 4 is 16.3 Å². The molecule has 5 nitrogen and oxygen atoms in total. The average Bonchev–Trinajstić information content (AvgIpc) is 2.83. The molecule has 9 heteroatoms. The van der Waals surface area contributed by atoms with E-state index in [2.05, 4.69) is 4.98 Å². The van der Waals surface area contributed by atoms with Crippen molar-refractivity contribution in [3.8, 4) is 0 Å². The molecule has 0 saturated carbocycles. The SMILES string of the molecule is NCCCN(Cc1cc(=O)n2ccsc2n1)CC(F)(F)F. The smallest absolute Gasteiger partial charge is 0.330 e. The quantitative estimate of drug-likeness (QED) is 0.875. The van der Waals surface area contributed by atoms with E-state index in [1.54, 1.807) is 11.6 Å². The molecule has 2 aromatic heterocycles. The van der Waals surface area contributed by atoms with Crippen LogP contribution >= 0.6 is 11.3 Å². The lowest BCUT2D eigenvalue weighted by Gasteiger charge is -2.22. The molecule has 0 radical (unpaired) electrons. The molecule has 0 aliphatic heterocycles. The van der Waals surface area contributed by atoms with E-state index in [1.165, 1.54) is 26.7 Å². The van der Waals surface area contributed by atoms with Gasteiger partial charge in [0.2, 0.25) is 0 Å². The molecular formula is C12H15F3N4OS. The summed E-state index contributed by atoms with van der Waals surface area (Å²) in [4.78, 5) is 17.7. The van der Waals surface area contributed by atoms with Crippen LogP contribution in [-0.4, -0.2) is 40.1 Å². The summed E-state index contributed by atoms with van der Waals surface area (Å²) in [5, 5.41) is 1.70. The second kappa shape index (κ2) is 6.54. The summed E-state index contributed by atoms with van der Waals surface area (Å²) >= 11 is 1.26. The fraction of sp³-hybridized carbons (Fsp3) is 0.500. The Morgan fingerprint density at radius 3 is 2.86 bits per heavy atom. The summed E-state index contributed by atoms with van der Waals surface area (Å²) in [5.74, 6) is 0. The largest absolute Gasteiger partial charge is 0.401 e. The van der Waals surface area contributed by atoms with Gasteiger partial charge in [-0.05, 0) is 13.0 Å². The van der Waals surface area contributed by atoms with E-state index in [4.69, 9.17) is 5.73 Å². The third kappa shape index (κ3) is 4.51. The molecule has 0 atom stereocenters. The molecule has 0 aromatic carbocycles. The van der Waals surface area contributed by atoms with Crippen molar-refractivity contribution in [3.63, 3.8) is 0 Å². The van der Waals surface area contributed by atoms with Gasteiger partial charge in [0.1, 0.15) is 0 Å². The van der Waals surface area contributed by atoms with Gasteiger partial charge in [-0.2, -0.15) is 13.2 Å². The van der Waals surface area contributed by atoms with Crippen molar-refractivity contribution < 1.29 is 13.2 Å². The minimum atomic E-state index is -4.29. The maximum absolute atomic E-state index is 12.6. The fourth-order valence-corrected chi connectivity index (χ4v) is 2.72. The average molecular weight is 320 g/mol. The molecule has 0 spiro atoms. The van der Waals surface area contributed by atoms with Gasteiger partial charge in [0.05, 0.1) is 12.2 Å². The van der Waals surface area contributed by atoms with E-state index in [-0.39, 0.29) is 18.6 Å². The molecule has 0 fully saturated rings. The van der Waals surface area contributed by atoms with Crippen LogP contribution in [0.25, 0.3) is 4.96 Å². The molecule has 0 aliphatic carbocycles. The summed E-state index contributed by atoms with van der Waals surface area (Å²) in [5.41, 5.74) is 5.39. The van der Waals surface area contributed by atoms with E-state index >= 15 is 0 Å². The van der Waals surface area contributed by atoms with Gasteiger partial charge in [-0.1, -0.05) is 0 Å². The number of hydrogen-bond donors (Lipinski definition) is 1. The first-order chi connectivity index (χ1) is 9.89. The van der Waals surface area contributed by atoms with E-state index in [1.807, 2.05) is 0 Å². The molecule has 2 aromatic rings. The first-order valence-electron chi connectivity index (χ1n) is 6.34. The lowest BCUT2D eigenvalue weighted by Crippen LogP contribution is -2.35. The maximum atomic E-state index is 12.6. The van der Waals surface area contributed by atoms with Crippen LogP contribution in [0.2, 0.25) is 0 Å². The Morgan fingerprint density at radius 2 is 2.19 bits per heavy atom. The van der Waals surface area contributed by atoms with Crippen molar-refractivity contribution in [3.05, 3.63) is 33.7 Å². The number of aromatic nitrogens is 2. The molecule has 0 saturated heterocycles. The van der Waals surface area contributed by atoms with E-state index in [0.717, 1.165) is 0 Å². The zero-order valence-electron chi connectivity index (χ0n) is 11.1. The van der Waals surface area contributed by atoms with Crippen LogP contribution < -0.4 is 11.3 Å². The molecule has 0 aliphatic rings. The molecule has 2 rings (SSSR count). The molecule has 116 valence electrons. The first-order valence-corrected chi connectivity index (χ1v) is 7.22. The minimum absolute atomic E-state index is 0.0247. The third-order valence-electron chi connectivity index (χ3n) is 2.82. The van der Waals surface area contributed by atoms with E-state index in [0.29, 0.717) is 23.6 Å². The monoisotopic (exact) mass is 320 g/mol. The van der Waals surface area contributed by atoms with Gasteiger partial charge < -0.3 is 5.73 Å². The topological polar surface area (TPSA) is 63.6 Å². The highest BCUT2D eigenvalue weighted by Crippen LogP contribution is 2.18. The number of alkyl halides is 3. The second-order valence-electron chi connectivity index (χ2n) is 4.61. The Hall–Kier alpha value is -1.45. The van der Waals surface area contributed by atoms with Crippen molar-refractivity contribution in [2.75, 3.05) is 19.6 Å². The zero-order chi connectivity index (χ0) is 15.5. The first kappa shape index (κ1) is 15.9. The number of hydrogen-bond acceptors (Lipinski definition) is 5. The van der Waals surface area contributed by atoms with Gasteiger partial charge in [-0.15, -0.1) is 11.3 Å². The van der Waals surface area contributed by atoms with Crippen LogP contribution in [-0.2, 0) is 6.54 Å². The number of thiazole rings is 1. The van der Waals surface area contributed by atoms with Crippen molar-refractivity contribution in [1.82, 2.24) is 14.3 Å². The Balaban J connectivity index is 2.18. The zero-order valence-corrected chi connectivity index (χ0v) is 12.0. The van der Waals surface area contributed by atoms with Gasteiger partial charge in [0, 0.05) is 30.7 Å². The number of nitrogens with two attached hydrogens (primary N) is 1. The van der Waals surface area contributed by atoms with Crippen LogP contribution in [0.3, 0.4) is 0 Å². The predicted octanol–water partition coefficient (Wildman–Crippen LogP) is 1.47. The standard InChI is InChI=1S/C12H15F3N4OS/c13-12(14,15)8-18(3-1-2-16)7-9-6-10(20)19-4-5-21-11(19)17-9/h4-6H,1-3,7-8,16H2. The van der Waals surface area contributed by atoms with Crippen LogP contribution in [0.15, 0.2) is 22.4 Å². The van der Waals surface area contributed by atoms with E-state index in [9.17, 15) is 18.0 Å².